The van der Waals surface area contributed by atoms with Crippen LogP contribution in [0.4, 0.5) is 0 Å². The zero-order chi connectivity index (χ0) is 10.8. The monoisotopic (exact) mass is 198 g/mol. The maximum Gasteiger partial charge on any atom is 0.0696 e. The molecule has 0 amide bonds. The first-order valence-electron chi connectivity index (χ1n) is 6.11. The Balaban J connectivity index is 2.49. The van der Waals surface area contributed by atoms with Crippen LogP contribution in [0.25, 0.3) is 0 Å². The maximum atomic E-state index is 10.5. The van der Waals surface area contributed by atoms with Gasteiger partial charge in [-0.25, -0.2) is 0 Å². The SMILES string of the molecule is CCCC1CCC(O)(C(C)(C)C)CC1. The van der Waals surface area contributed by atoms with Crippen LogP contribution in [0.15, 0.2) is 0 Å². The molecule has 0 saturated heterocycles. The van der Waals surface area contributed by atoms with Gasteiger partial charge < -0.3 is 5.11 Å². The Kier molecular flexibility index (Phi) is 3.63. The Hall–Kier alpha value is -0.0400. The summed E-state index contributed by atoms with van der Waals surface area (Å²) in [5.74, 6) is 0.877. The van der Waals surface area contributed by atoms with Crippen LogP contribution in [0.1, 0.15) is 66.2 Å². The van der Waals surface area contributed by atoms with Crippen molar-refractivity contribution in [1.29, 1.82) is 0 Å². The van der Waals surface area contributed by atoms with Gasteiger partial charge in [-0.05, 0) is 37.0 Å². The van der Waals surface area contributed by atoms with Crippen molar-refractivity contribution in [3.05, 3.63) is 0 Å². The lowest BCUT2D eigenvalue weighted by molar-refractivity contribution is -0.0935. The lowest BCUT2D eigenvalue weighted by Crippen LogP contribution is -2.45. The molecular formula is C13H26O. The quantitative estimate of drug-likeness (QED) is 0.716. The van der Waals surface area contributed by atoms with Crippen molar-refractivity contribution in [2.24, 2.45) is 11.3 Å². The number of aliphatic hydroxyl groups is 1. The molecule has 84 valence electrons. The summed E-state index contributed by atoms with van der Waals surface area (Å²) in [6, 6.07) is 0. The topological polar surface area (TPSA) is 20.2 Å². The molecule has 0 aromatic carbocycles. The largest absolute Gasteiger partial charge is 0.389 e. The van der Waals surface area contributed by atoms with Gasteiger partial charge in [0.25, 0.3) is 0 Å². The van der Waals surface area contributed by atoms with Gasteiger partial charge in [0.2, 0.25) is 0 Å². The van der Waals surface area contributed by atoms with Crippen molar-refractivity contribution in [3.63, 3.8) is 0 Å². The molecule has 1 nitrogen and oxygen atoms in total. The second-order valence-corrected chi connectivity index (χ2v) is 6.01. The van der Waals surface area contributed by atoms with E-state index in [0.717, 1.165) is 18.8 Å². The van der Waals surface area contributed by atoms with Crippen molar-refractivity contribution in [2.45, 2.75) is 71.8 Å². The van der Waals surface area contributed by atoms with Crippen LogP contribution in [0, 0.1) is 11.3 Å². The van der Waals surface area contributed by atoms with Crippen molar-refractivity contribution in [1.82, 2.24) is 0 Å². The molecule has 0 heterocycles. The molecule has 14 heavy (non-hydrogen) atoms. The molecule has 0 spiro atoms. The van der Waals surface area contributed by atoms with Crippen LogP contribution in [-0.4, -0.2) is 10.7 Å². The van der Waals surface area contributed by atoms with Crippen LogP contribution in [0.2, 0.25) is 0 Å². The third-order valence-electron chi connectivity index (χ3n) is 4.03. The Bertz CT molecular complexity index is 170. The van der Waals surface area contributed by atoms with Gasteiger partial charge in [0.05, 0.1) is 5.60 Å². The highest BCUT2D eigenvalue weighted by atomic mass is 16.3. The van der Waals surface area contributed by atoms with Gasteiger partial charge in [0.1, 0.15) is 0 Å². The van der Waals surface area contributed by atoms with Gasteiger partial charge >= 0.3 is 0 Å². The standard InChI is InChI=1S/C13H26O/c1-5-6-11-7-9-13(14,10-8-11)12(2,3)4/h11,14H,5-10H2,1-4H3. The molecule has 1 saturated carbocycles. The normalized spacial score (nSPS) is 34.5. The first-order chi connectivity index (χ1) is 6.39. The van der Waals surface area contributed by atoms with Gasteiger partial charge in [0.15, 0.2) is 0 Å². The molecule has 1 aliphatic rings. The predicted molar refractivity (Wildman–Crippen MR) is 61.3 cm³/mol. The summed E-state index contributed by atoms with van der Waals surface area (Å²) >= 11 is 0. The average molecular weight is 198 g/mol. The third kappa shape index (κ3) is 2.50. The fraction of sp³-hybridized carbons (Fsp3) is 1.00. The summed E-state index contributed by atoms with van der Waals surface area (Å²) < 4.78 is 0. The van der Waals surface area contributed by atoms with E-state index in [4.69, 9.17) is 0 Å². The Morgan fingerprint density at radius 1 is 1.21 bits per heavy atom. The molecule has 0 aliphatic heterocycles. The van der Waals surface area contributed by atoms with Crippen LogP contribution in [0.5, 0.6) is 0 Å². The molecule has 1 fully saturated rings. The van der Waals surface area contributed by atoms with E-state index in [1.807, 2.05) is 0 Å². The second kappa shape index (κ2) is 4.22. The summed E-state index contributed by atoms with van der Waals surface area (Å²) in [5, 5.41) is 10.5. The summed E-state index contributed by atoms with van der Waals surface area (Å²) in [4.78, 5) is 0. The highest BCUT2D eigenvalue weighted by Gasteiger charge is 2.42. The van der Waals surface area contributed by atoms with E-state index in [1.165, 1.54) is 25.7 Å². The first kappa shape index (κ1) is 12.0. The van der Waals surface area contributed by atoms with Crippen LogP contribution in [0.3, 0.4) is 0 Å². The van der Waals surface area contributed by atoms with Crippen molar-refractivity contribution >= 4 is 0 Å². The fourth-order valence-electron chi connectivity index (χ4n) is 2.60. The smallest absolute Gasteiger partial charge is 0.0696 e. The molecule has 0 aromatic heterocycles. The molecule has 1 N–H and O–H groups in total. The van der Waals surface area contributed by atoms with E-state index < -0.39 is 5.60 Å². The highest BCUT2D eigenvalue weighted by molar-refractivity contribution is 4.94. The Morgan fingerprint density at radius 2 is 1.71 bits per heavy atom. The van der Waals surface area contributed by atoms with E-state index in [1.54, 1.807) is 0 Å². The number of hydrogen-bond donors (Lipinski definition) is 1. The third-order valence-corrected chi connectivity index (χ3v) is 4.03. The molecule has 0 aromatic rings. The van der Waals surface area contributed by atoms with Crippen molar-refractivity contribution < 1.29 is 5.11 Å². The van der Waals surface area contributed by atoms with Gasteiger partial charge in [-0.3, -0.25) is 0 Å². The Morgan fingerprint density at radius 3 is 2.07 bits per heavy atom. The summed E-state index contributed by atoms with van der Waals surface area (Å²) in [7, 11) is 0. The molecule has 0 bridgehead atoms. The van der Waals surface area contributed by atoms with Crippen LogP contribution in [-0.2, 0) is 0 Å². The number of rotatable bonds is 2. The minimum absolute atomic E-state index is 0.0458. The highest BCUT2D eigenvalue weighted by Crippen LogP contribution is 2.44. The van der Waals surface area contributed by atoms with Crippen LogP contribution >= 0.6 is 0 Å². The minimum atomic E-state index is -0.406. The van der Waals surface area contributed by atoms with E-state index in [0.29, 0.717) is 0 Å². The van der Waals surface area contributed by atoms with Gasteiger partial charge in [-0.1, -0.05) is 40.5 Å². The zero-order valence-corrected chi connectivity index (χ0v) is 10.3. The molecule has 1 aliphatic carbocycles. The lowest BCUT2D eigenvalue weighted by Gasteiger charge is -2.45. The van der Waals surface area contributed by atoms with Gasteiger partial charge in [-0.2, -0.15) is 0 Å². The molecule has 1 heteroatoms. The molecule has 1 rings (SSSR count). The summed E-state index contributed by atoms with van der Waals surface area (Å²) in [5.41, 5.74) is -0.360. The van der Waals surface area contributed by atoms with Crippen LogP contribution < -0.4 is 0 Å². The minimum Gasteiger partial charge on any atom is -0.389 e. The van der Waals surface area contributed by atoms with Crippen molar-refractivity contribution in [3.8, 4) is 0 Å². The molecule has 0 radical (unpaired) electrons. The maximum absolute atomic E-state index is 10.5. The zero-order valence-electron chi connectivity index (χ0n) is 10.3. The van der Waals surface area contributed by atoms with E-state index >= 15 is 0 Å². The predicted octanol–water partition coefficient (Wildman–Crippen LogP) is 3.75. The van der Waals surface area contributed by atoms with Gasteiger partial charge in [-0.15, -0.1) is 0 Å². The summed E-state index contributed by atoms with van der Waals surface area (Å²) in [6.07, 6.45) is 7.09. The van der Waals surface area contributed by atoms with Gasteiger partial charge in [0, 0.05) is 0 Å². The van der Waals surface area contributed by atoms with E-state index in [9.17, 15) is 5.11 Å². The van der Waals surface area contributed by atoms with E-state index in [2.05, 4.69) is 27.7 Å². The fourth-order valence-corrected chi connectivity index (χ4v) is 2.60. The molecule has 0 unspecified atom stereocenters. The second-order valence-electron chi connectivity index (χ2n) is 6.01. The lowest BCUT2D eigenvalue weighted by atomic mass is 9.65. The number of hydrogen-bond acceptors (Lipinski definition) is 1. The summed E-state index contributed by atoms with van der Waals surface area (Å²) in [6.45, 7) is 8.73. The molecular weight excluding hydrogens is 172 g/mol. The Labute approximate surface area is 88.9 Å². The molecule has 0 atom stereocenters. The van der Waals surface area contributed by atoms with Crippen molar-refractivity contribution in [2.75, 3.05) is 0 Å². The van der Waals surface area contributed by atoms with E-state index in [-0.39, 0.29) is 5.41 Å². The average Bonchev–Trinajstić information content (AvgIpc) is 2.08. The first-order valence-corrected chi connectivity index (χ1v) is 6.11.